The molecule has 1 aliphatic heterocycles. The summed E-state index contributed by atoms with van der Waals surface area (Å²) in [6.07, 6.45) is 6.73. The average molecular weight is 329 g/mol. The predicted molar refractivity (Wildman–Crippen MR) is 87.5 cm³/mol. The molecule has 1 amide bonds. The van der Waals surface area contributed by atoms with Crippen LogP contribution < -0.4 is 4.90 Å². The summed E-state index contributed by atoms with van der Waals surface area (Å²) in [6, 6.07) is 2.25. The van der Waals surface area contributed by atoms with Crippen molar-refractivity contribution in [3.05, 3.63) is 41.0 Å². The van der Waals surface area contributed by atoms with Crippen molar-refractivity contribution in [2.45, 2.75) is 39.0 Å². The first-order valence-electron chi connectivity index (χ1n) is 8.97. The van der Waals surface area contributed by atoms with Crippen LogP contribution in [0.4, 0.5) is 14.5 Å². The minimum atomic E-state index is -0.604. The molecular formula is C20H21F2NO. The molecule has 0 saturated heterocycles. The van der Waals surface area contributed by atoms with E-state index in [4.69, 9.17) is 0 Å². The van der Waals surface area contributed by atoms with Crippen molar-refractivity contribution < 1.29 is 13.6 Å². The molecule has 5 rings (SSSR count). The molecule has 24 heavy (non-hydrogen) atoms. The average Bonchev–Trinajstić information content (AvgIpc) is 3.00. The number of carbonyl (C=O) groups excluding carboxylic acids is 1. The van der Waals surface area contributed by atoms with Gasteiger partial charge in [-0.25, -0.2) is 8.78 Å². The lowest BCUT2D eigenvalue weighted by atomic mass is 9.69. The Morgan fingerprint density at radius 3 is 2.92 bits per heavy atom. The van der Waals surface area contributed by atoms with Crippen LogP contribution in [0.3, 0.4) is 0 Å². The van der Waals surface area contributed by atoms with Crippen LogP contribution in [0.25, 0.3) is 0 Å². The van der Waals surface area contributed by atoms with Crippen molar-refractivity contribution in [2.24, 2.45) is 23.2 Å². The van der Waals surface area contributed by atoms with Crippen LogP contribution in [-0.2, 0) is 11.2 Å². The molecule has 1 aromatic rings. The number of nitrogens with zero attached hydrogens (tertiary/aromatic N) is 1. The summed E-state index contributed by atoms with van der Waals surface area (Å²) >= 11 is 0. The van der Waals surface area contributed by atoms with Gasteiger partial charge in [-0.1, -0.05) is 18.6 Å². The summed E-state index contributed by atoms with van der Waals surface area (Å²) in [5.41, 5.74) is 2.14. The number of carbonyl (C=O) groups is 1. The number of amides is 1. The maximum Gasteiger partial charge on any atom is 0.233 e. The van der Waals surface area contributed by atoms with Crippen molar-refractivity contribution >= 4 is 11.6 Å². The third kappa shape index (κ3) is 1.83. The van der Waals surface area contributed by atoms with Gasteiger partial charge in [-0.2, -0.15) is 0 Å². The number of benzene rings is 1. The minimum Gasteiger partial charge on any atom is -0.311 e. The van der Waals surface area contributed by atoms with Gasteiger partial charge >= 0.3 is 0 Å². The summed E-state index contributed by atoms with van der Waals surface area (Å²) in [5.74, 6) is 0.587. The molecular weight excluding hydrogens is 308 g/mol. The number of fused-ring (bicyclic) bond motifs is 2. The van der Waals surface area contributed by atoms with Gasteiger partial charge in [0.1, 0.15) is 11.6 Å². The molecule has 126 valence electrons. The van der Waals surface area contributed by atoms with E-state index in [1.165, 1.54) is 6.07 Å². The summed E-state index contributed by atoms with van der Waals surface area (Å²) in [6.45, 7) is 2.66. The molecule has 3 aliphatic carbocycles. The quantitative estimate of drug-likeness (QED) is 0.706. The van der Waals surface area contributed by atoms with E-state index in [1.54, 1.807) is 10.5 Å². The number of hydrogen-bond donors (Lipinski definition) is 0. The molecule has 4 atom stereocenters. The highest BCUT2D eigenvalue weighted by Gasteiger charge is 2.58. The first kappa shape index (κ1) is 14.6. The first-order valence-corrected chi connectivity index (χ1v) is 8.97. The van der Waals surface area contributed by atoms with Gasteiger partial charge in [-0.3, -0.25) is 4.79 Å². The summed E-state index contributed by atoms with van der Waals surface area (Å²) in [7, 11) is 0. The van der Waals surface area contributed by atoms with Gasteiger partial charge in [-0.15, -0.1) is 0 Å². The fourth-order valence-corrected chi connectivity index (χ4v) is 5.84. The third-order valence-corrected chi connectivity index (χ3v) is 6.73. The molecule has 4 heteroatoms. The predicted octanol–water partition coefficient (Wildman–Crippen LogP) is 4.24. The second-order valence-electron chi connectivity index (χ2n) is 8.27. The van der Waals surface area contributed by atoms with Crippen LogP contribution in [-0.4, -0.2) is 12.5 Å². The summed E-state index contributed by atoms with van der Waals surface area (Å²) < 4.78 is 27.7. The second kappa shape index (κ2) is 4.68. The van der Waals surface area contributed by atoms with Gasteiger partial charge in [0.2, 0.25) is 5.91 Å². The van der Waals surface area contributed by atoms with Gasteiger partial charge in [0.15, 0.2) is 0 Å². The number of allylic oxidation sites excluding steroid dienone is 2. The molecule has 2 bridgehead atoms. The van der Waals surface area contributed by atoms with Crippen molar-refractivity contribution in [2.75, 3.05) is 11.4 Å². The molecule has 1 aromatic carbocycles. The Balaban J connectivity index is 1.53. The van der Waals surface area contributed by atoms with E-state index in [0.29, 0.717) is 42.0 Å². The summed E-state index contributed by atoms with van der Waals surface area (Å²) in [4.78, 5) is 15.2. The monoisotopic (exact) mass is 329 g/mol. The Labute approximate surface area is 140 Å². The van der Waals surface area contributed by atoms with Gasteiger partial charge in [0.05, 0.1) is 11.1 Å². The van der Waals surface area contributed by atoms with Crippen LogP contribution in [0, 0.1) is 34.8 Å². The van der Waals surface area contributed by atoms with Crippen LogP contribution in [0.5, 0.6) is 0 Å². The topological polar surface area (TPSA) is 20.3 Å². The van der Waals surface area contributed by atoms with E-state index >= 15 is 0 Å². The summed E-state index contributed by atoms with van der Waals surface area (Å²) in [5, 5.41) is 0. The maximum atomic E-state index is 14.0. The third-order valence-electron chi connectivity index (χ3n) is 6.73. The smallest absolute Gasteiger partial charge is 0.233 e. The van der Waals surface area contributed by atoms with Gasteiger partial charge in [0.25, 0.3) is 0 Å². The van der Waals surface area contributed by atoms with E-state index in [2.05, 4.69) is 13.0 Å². The molecule has 0 aromatic heterocycles. The Morgan fingerprint density at radius 2 is 2.08 bits per heavy atom. The maximum absolute atomic E-state index is 14.0. The molecule has 0 N–H and O–H groups in total. The second-order valence-corrected chi connectivity index (χ2v) is 8.27. The highest BCUT2D eigenvalue weighted by atomic mass is 19.1. The van der Waals surface area contributed by atoms with Crippen molar-refractivity contribution in [3.8, 4) is 0 Å². The molecule has 0 radical (unpaired) electrons. The Kier molecular flexibility index (Phi) is 2.85. The van der Waals surface area contributed by atoms with Crippen LogP contribution in [0.2, 0.25) is 0 Å². The highest BCUT2D eigenvalue weighted by molar-refractivity contribution is 6.00. The minimum absolute atomic E-state index is 0.0992. The Morgan fingerprint density at radius 1 is 1.25 bits per heavy atom. The van der Waals surface area contributed by atoms with Gasteiger partial charge in [-0.05, 0) is 55.9 Å². The Hall–Kier alpha value is -1.71. The molecule has 1 heterocycles. The van der Waals surface area contributed by atoms with Gasteiger partial charge < -0.3 is 4.90 Å². The van der Waals surface area contributed by atoms with Crippen LogP contribution in [0.1, 0.15) is 38.2 Å². The number of hydrogen-bond acceptors (Lipinski definition) is 1. The Bertz CT molecular complexity index is 786. The van der Waals surface area contributed by atoms with E-state index in [-0.39, 0.29) is 11.3 Å². The molecule has 2 saturated carbocycles. The number of anilines is 1. The zero-order chi connectivity index (χ0) is 16.6. The SMILES string of the molecule is CC1C=C2CC3CC(C(=O)N4CCc5c(F)cc(F)cc54)(C1)CC23. The molecule has 2 fully saturated rings. The van der Waals surface area contributed by atoms with E-state index in [9.17, 15) is 13.6 Å². The molecule has 2 nitrogen and oxygen atoms in total. The van der Waals surface area contributed by atoms with Crippen molar-refractivity contribution in [3.63, 3.8) is 0 Å². The molecule has 4 unspecified atom stereocenters. The largest absolute Gasteiger partial charge is 0.311 e. The zero-order valence-electron chi connectivity index (χ0n) is 13.8. The number of rotatable bonds is 1. The van der Waals surface area contributed by atoms with E-state index in [0.717, 1.165) is 31.7 Å². The lowest BCUT2D eigenvalue weighted by Gasteiger charge is -2.37. The van der Waals surface area contributed by atoms with Crippen LogP contribution >= 0.6 is 0 Å². The first-order chi connectivity index (χ1) is 11.5. The zero-order valence-corrected chi connectivity index (χ0v) is 13.8. The lowest BCUT2D eigenvalue weighted by molar-refractivity contribution is -0.128. The fraction of sp³-hybridized carbons (Fsp3) is 0.550. The van der Waals surface area contributed by atoms with Gasteiger partial charge in [0, 0.05) is 18.2 Å². The van der Waals surface area contributed by atoms with Crippen molar-refractivity contribution in [1.29, 1.82) is 0 Å². The van der Waals surface area contributed by atoms with E-state index in [1.807, 2.05) is 0 Å². The standard InChI is InChI=1S/C20H21F2NO/c1-11-4-12-5-13-9-20(8-11,10-16(12)13)19(24)23-3-2-15-17(22)6-14(21)7-18(15)23/h4,6-7,11,13,16H,2-3,5,8-10H2,1H3. The molecule has 4 aliphatic rings. The van der Waals surface area contributed by atoms with Crippen molar-refractivity contribution in [1.82, 2.24) is 0 Å². The normalized spacial score (nSPS) is 36.0. The number of halogens is 2. The van der Waals surface area contributed by atoms with E-state index < -0.39 is 11.6 Å². The van der Waals surface area contributed by atoms with Crippen LogP contribution in [0.15, 0.2) is 23.8 Å². The fourth-order valence-electron chi connectivity index (χ4n) is 5.84. The highest BCUT2D eigenvalue weighted by Crippen LogP contribution is 2.63. The lowest BCUT2D eigenvalue weighted by Crippen LogP contribution is -2.43. The molecule has 0 spiro atoms.